The second-order valence-corrected chi connectivity index (χ2v) is 4.29. The van der Waals surface area contributed by atoms with E-state index >= 15 is 0 Å². The van der Waals surface area contributed by atoms with E-state index in [2.05, 4.69) is 16.4 Å². The molecule has 0 spiro atoms. The Hall–Kier alpha value is -2.06. The fourth-order valence-electron chi connectivity index (χ4n) is 1.42. The number of ether oxygens (including phenoxy) is 1. The molecule has 0 fully saturated rings. The monoisotopic (exact) mass is 245 g/mol. The van der Waals surface area contributed by atoms with Crippen LogP contribution < -0.4 is 10.1 Å². The van der Waals surface area contributed by atoms with Gasteiger partial charge < -0.3 is 10.1 Å². The van der Waals surface area contributed by atoms with Crippen LogP contribution in [0, 0.1) is 11.3 Å². The Balaban J connectivity index is 2.13. The topological polar surface area (TPSA) is 57.9 Å². The second-order valence-electron chi connectivity index (χ2n) is 3.31. The zero-order valence-electron chi connectivity index (χ0n) is 9.30. The lowest BCUT2D eigenvalue weighted by atomic mass is 10.2. The number of nitrogens with zero attached hydrogens (tertiary/aromatic N) is 2. The maximum atomic E-state index is 8.79. The zero-order valence-corrected chi connectivity index (χ0v) is 10.1. The van der Waals surface area contributed by atoms with Gasteiger partial charge in [0, 0.05) is 17.6 Å². The normalized spacial score (nSPS) is 9.65. The van der Waals surface area contributed by atoms with Crippen LogP contribution in [0.25, 0.3) is 0 Å². The Kier molecular flexibility index (Phi) is 3.58. The average molecular weight is 245 g/mol. The summed E-state index contributed by atoms with van der Waals surface area (Å²) in [6, 6.07) is 7.39. The summed E-state index contributed by atoms with van der Waals surface area (Å²) < 4.78 is 5.23. The molecular formula is C12H11N3OS. The van der Waals surface area contributed by atoms with Crippen LogP contribution in [0.1, 0.15) is 10.6 Å². The molecule has 86 valence electrons. The summed E-state index contributed by atoms with van der Waals surface area (Å²) in [7, 11) is 1.59. The Morgan fingerprint density at radius 2 is 2.41 bits per heavy atom. The van der Waals surface area contributed by atoms with E-state index < -0.39 is 0 Å². The number of nitrogens with one attached hydrogen (secondary N) is 1. The Morgan fingerprint density at radius 1 is 1.53 bits per heavy atom. The van der Waals surface area contributed by atoms with Gasteiger partial charge in [0.25, 0.3) is 0 Å². The molecule has 1 aromatic carbocycles. The maximum absolute atomic E-state index is 8.79. The van der Waals surface area contributed by atoms with Crippen LogP contribution >= 0.6 is 11.3 Å². The molecule has 0 radical (unpaired) electrons. The van der Waals surface area contributed by atoms with E-state index in [1.807, 2.05) is 11.4 Å². The molecule has 1 N–H and O–H groups in total. The average Bonchev–Trinajstić information content (AvgIpc) is 2.89. The molecule has 0 saturated carbocycles. The summed E-state index contributed by atoms with van der Waals surface area (Å²) in [4.78, 5) is 4.18. The van der Waals surface area contributed by atoms with Gasteiger partial charge in [-0.05, 0) is 12.1 Å². The molecule has 4 nitrogen and oxygen atoms in total. The number of anilines is 1. The molecule has 2 aromatic rings. The number of benzene rings is 1. The van der Waals surface area contributed by atoms with E-state index in [9.17, 15) is 0 Å². The van der Waals surface area contributed by atoms with Crippen molar-refractivity contribution in [2.75, 3.05) is 12.4 Å². The van der Waals surface area contributed by atoms with Gasteiger partial charge in [0.1, 0.15) is 10.8 Å². The van der Waals surface area contributed by atoms with Crippen molar-refractivity contribution >= 4 is 17.0 Å². The molecule has 0 aliphatic carbocycles. The Morgan fingerprint density at radius 3 is 3.06 bits per heavy atom. The highest BCUT2D eigenvalue weighted by molar-refractivity contribution is 7.09. The van der Waals surface area contributed by atoms with Crippen LogP contribution in [0.4, 0.5) is 5.69 Å². The van der Waals surface area contributed by atoms with Crippen molar-refractivity contribution in [3.8, 4) is 11.8 Å². The third kappa shape index (κ3) is 2.74. The van der Waals surface area contributed by atoms with Crippen molar-refractivity contribution in [3.05, 3.63) is 40.3 Å². The number of aromatic nitrogens is 1. The lowest BCUT2D eigenvalue weighted by Gasteiger charge is -2.10. The minimum atomic E-state index is 0.585. The van der Waals surface area contributed by atoms with Crippen LogP contribution in [-0.4, -0.2) is 12.1 Å². The van der Waals surface area contributed by atoms with Gasteiger partial charge in [-0.25, -0.2) is 4.98 Å². The molecule has 0 unspecified atom stereocenters. The van der Waals surface area contributed by atoms with Gasteiger partial charge in [-0.1, -0.05) is 0 Å². The van der Waals surface area contributed by atoms with Crippen LogP contribution in [0.5, 0.6) is 5.75 Å². The predicted molar refractivity (Wildman–Crippen MR) is 67.1 cm³/mol. The minimum Gasteiger partial charge on any atom is -0.495 e. The molecule has 2 rings (SSSR count). The van der Waals surface area contributed by atoms with Crippen molar-refractivity contribution < 1.29 is 4.74 Å². The van der Waals surface area contributed by atoms with Crippen LogP contribution in [0.15, 0.2) is 29.8 Å². The van der Waals surface area contributed by atoms with Crippen LogP contribution in [0.3, 0.4) is 0 Å². The van der Waals surface area contributed by atoms with Gasteiger partial charge in [0.2, 0.25) is 0 Å². The van der Waals surface area contributed by atoms with E-state index in [0.29, 0.717) is 17.9 Å². The summed E-state index contributed by atoms with van der Waals surface area (Å²) in [6.45, 7) is 0.653. The lowest BCUT2D eigenvalue weighted by molar-refractivity contribution is 0.416. The predicted octanol–water partition coefficient (Wildman–Crippen LogP) is 2.64. The van der Waals surface area contributed by atoms with E-state index in [0.717, 1.165) is 10.7 Å². The largest absolute Gasteiger partial charge is 0.495 e. The summed E-state index contributed by atoms with van der Waals surface area (Å²) >= 11 is 1.60. The van der Waals surface area contributed by atoms with E-state index in [4.69, 9.17) is 10.00 Å². The summed E-state index contributed by atoms with van der Waals surface area (Å²) in [6.07, 6.45) is 1.78. The number of thiazole rings is 1. The molecule has 1 aromatic heterocycles. The second kappa shape index (κ2) is 5.32. The fraction of sp³-hybridized carbons (Fsp3) is 0.167. The number of methoxy groups -OCH3 is 1. The number of rotatable bonds is 4. The van der Waals surface area contributed by atoms with Crippen LogP contribution in [-0.2, 0) is 6.54 Å². The molecule has 17 heavy (non-hydrogen) atoms. The quantitative estimate of drug-likeness (QED) is 0.899. The van der Waals surface area contributed by atoms with Crippen molar-refractivity contribution in [3.63, 3.8) is 0 Å². The van der Waals surface area contributed by atoms with E-state index in [1.165, 1.54) is 0 Å². The van der Waals surface area contributed by atoms with Crippen LogP contribution in [0.2, 0.25) is 0 Å². The SMILES string of the molecule is COc1cc(C#N)ccc1NCc1nccs1. The highest BCUT2D eigenvalue weighted by Gasteiger charge is 2.04. The summed E-state index contributed by atoms with van der Waals surface area (Å²) in [5.41, 5.74) is 1.45. The summed E-state index contributed by atoms with van der Waals surface area (Å²) in [5.74, 6) is 0.667. The first-order valence-corrected chi connectivity index (χ1v) is 5.92. The first-order chi connectivity index (χ1) is 8.33. The molecule has 5 heteroatoms. The van der Waals surface area contributed by atoms with Crippen molar-refractivity contribution in [2.24, 2.45) is 0 Å². The zero-order chi connectivity index (χ0) is 12.1. The van der Waals surface area contributed by atoms with Gasteiger partial charge in [-0.3, -0.25) is 0 Å². The van der Waals surface area contributed by atoms with Gasteiger partial charge >= 0.3 is 0 Å². The van der Waals surface area contributed by atoms with Gasteiger partial charge in [0.05, 0.1) is 31.0 Å². The molecule has 1 heterocycles. The molecule has 0 amide bonds. The molecular weight excluding hydrogens is 234 g/mol. The first kappa shape index (κ1) is 11.4. The highest BCUT2D eigenvalue weighted by Crippen LogP contribution is 2.25. The third-order valence-electron chi connectivity index (χ3n) is 2.24. The fourth-order valence-corrected chi connectivity index (χ4v) is 1.97. The number of hydrogen-bond acceptors (Lipinski definition) is 5. The minimum absolute atomic E-state index is 0.585. The maximum Gasteiger partial charge on any atom is 0.143 e. The Bertz CT molecular complexity index is 531. The van der Waals surface area contributed by atoms with Crippen molar-refractivity contribution in [1.82, 2.24) is 4.98 Å². The number of hydrogen-bond donors (Lipinski definition) is 1. The van der Waals surface area contributed by atoms with E-state index in [-0.39, 0.29) is 0 Å². The Labute approximate surface area is 103 Å². The smallest absolute Gasteiger partial charge is 0.143 e. The molecule has 0 bridgehead atoms. The molecule has 0 aliphatic rings. The van der Waals surface area contributed by atoms with Gasteiger partial charge in [0.15, 0.2) is 0 Å². The lowest BCUT2D eigenvalue weighted by Crippen LogP contribution is -2.01. The van der Waals surface area contributed by atoms with Crippen molar-refractivity contribution in [1.29, 1.82) is 5.26 Å². The van der Waals surface area contributed by atoms with Gasteiger partial charge in [-0.15, -0.1) is 11.3 Å². The summed E-state index contributed by atoms with van der Waals surface area (Å²) in [5, 5.41) is 15.0. The highest BCUT2D eigenvalue weighted by atomic mass is 32.1. The van der Waals surface area contributed by atoms with Gasteiger partial charge in [-0.2, -0.15) is 5.26 Å². The standard InChI is InChI=1S/C12H11N3OS/c1-16-11-6-9(7-13)2-3-10(11)15-8-12-14-4-5-17-12/h2-6,15H,8H2,1H3. The molecule has 0 saturated heterocycles. The number of nitriles is 1. The first-order valence-electron chi connectivity index (χ1n) is 5.04. The molecule has 0 aliphatic heterocycles. The van der Waals surface area contributed by atoms with E-state index in [1.54, 1.807) is 36.8 Å². The third-order valence-corrected chi connectivity index (χ3v) is 3.02. The van der Waals surface area contributed by atoms with Crippen molar-refractivity contribution in [2.45, 2.75) is 6.54 Å². The molecule has 0 atom stereocenters.